The van der Waals surface area contributed by atoms with Gasteiger partial charge >= 0.3 is 0 Å². The lowest BCUT2D eigenvalue weighted by Gasteiger charge is -2.22. The Labute approximate surface area is 180 Å². The molecular formula is C19H32IN3O3S. The Morgan fingerprint density at radius 3 is 2.52 bits per heavy atom. The van der Waals surface area contributed by atoms with E-state index in [1.165, 1.54) is 19.1 Å². The molecule has 6 nitrogen and oxygen atoms in total. The van der Waals surface area contributed by atoms with Crippen molar-refractivity contribution in [1.29, 1.82) is 0 Å². The number of ether oxygens (including phenoxy) is 1. The molecule has 0 heterocycles. The highest BCUT2D eigenvalue weighted by Crippen LogP contribution is 2.28. The van der Waals surface area contributed by atoms with Crippen molar-refractivity contribution in [1.82, 2.24) is 10.2 Å². The van der Waals surface area contributed by atoms with Crippen molar-refractivity contribution in [2.75, 3.05) is 46.2 Å². The molecule has 0 bridgehead atoms. The molecule has 1 aliphatic rings. The van der Waals surface area contributed by atoms with Crippen molar-refractivity contribution >= 4 is 39.8 Å². The Morgan fingerprint density at radius 2 is 1.96 bits per heavy atom. The van der Waals surface area contributed by atoms with Crippen LogP contribution in [-0.4, -0.2) is 65.4 Å². The van der Waals surface area contributed by atoms with E-state index in [0.717, 1.165) is 43.6 Å². The van der Waals surface area contributed by atoms with E-state index in [9.17, 15) is 8.42 Å². The van der Waals surface area contributed by atoms with Crippen molar-refractivity contribution in [3.05, 3.63) is 29.8 Å². The summed E-state index contributed by atoms with van der Waals surface area (Å²) in [5.74, 6) is 1.66. The highest BCUT2D eigenvalue weighted by molar-refractivity contribution is 14.0. The summed E-state index contributed by atoms with van der Waals surface area (Å²) < 4.78 is 28.7. The fourth-order valence-corrected chi connectivity index (χ4v) is 3.14. The Balaban J connectivity index is 0.00000364. The normalized spacial score (nSPS) is 14.6. The molecule has 0 aliphatic heterocycles. The molecule has 2 rings (SSSR count). The Hall–Kier alpha value is -0.870. The summed E-state index contributed by atoms with van der Waals surface area (Å²) in [4.78, 5) is 7.10. The second-order valence-electron chi connectivity index (χ2n) is 6.84. The average molecular weight is 509 g/mol. The van der Waals surface area contributed by atoms with Crippen LogP contribution in [-0.2, 0) is 21.0 Å². The minimum Gasteiger partial charge on any atom is -0.379 e. The largest absolute Gasteiger partial charge is 0.379 e. The maximum atomic E-state index is 11.5. The van der Waals surface area contributed by atoms with Gasteiger partial charge in [-0.3, -0.25) is 4.99 Å². The van der Waals surface area contributed by atoms with E-state index < -0.39 is 9.84 Å². The predicted molar refractivity (Wildman–Crippen MR) is 121 cm³/mol. The van der Waals surface area contributed by atoms with Gasteiger partial charge < -0.3 is 15.0 Å². The van der Waals surface area contributed by atoms with Crippen molar-refractivity contribution in [3.8, 4) is 0 Å². The third-order valence-electron chi connectivity index (χ3n) is 4.33. The summed E-state index contributed by atoms with van der Waals surface area (Å²) in [6.45, 7) is 5.91. The van der Waals surface area contributed by atoms with Gasteiger partial charge in [0, 0.05) is 39.5 Å². The molecule has 0 saturated heterocycles. The van der Waals surface area contributed by atoms with Crippen molar-refractivity contribution < 1.29 is 13.2 Å². The number of rotatable bonds is 10. The summed E-state index contributed by atoms with van der Waals surface area (Å²) in [6, 6.07) is 7.02. The SMILES string of the molecule is CCNC(=NCCc1ccc(S(C)(=O)=O)cc1)N(C)CCOCC1CC1.I. The third kappa shape index (κ3) is 9.25. The number of aliphatic imine (C=N–C) groups is 1. The first-order valence-electron chi connectivity index (χ1n) is 9.26. The predicted octanol–water partition coefficient (Wildman–Crippen LogP) is 2.57. The summed E-state index contributed by atoms with van der Waals surface area (Å²) in [7, 11) is -1.12. The van der Waals surface area contributed by atoms with Crippen LogP contribution in [0.15, 0.2) is 34.2 Å². The Bertz CT molecular complexity index is 689. The second kappa shape index (κ2) is 11.9. The van der Waals surface area contributed by atoms with E-state index in [2.05, 4.69) is 22.1 Å². The first-order valence-corrected chi connectivity index (χ1v) is 11.2. The minimum atomic E-state index is -3.14. The molecule has 0 amide bonds. The van der Waals surface area contributed by atoms with Crippen LogP contribution in [0.1, 0.15) is 25.3 Å². The molecule has 1 N–H and O–H groups in total. The average Bonchev–Trinajstić information content (AvgIpc) is 3.42. The van der Waals surface area contributed by atoms with E-state index in [-0.39, 0.29) is 24.0 Å². The smallest absolute Gasteiger partial charge is 0.193 e. The van der Waals surface area contributed by atoms with Crippen LogP contribution in [0.3, 0.4) is 0 Å². The van der Waals surface area contributed by atoms with E-state index in [4.69, 9.17) is 4.74 Å². The van der Waals surface area contributed by atoms with Crippen molar-refractivity contribution in [2.45, 2.75) is 31.1 Å². The number of benzene rings is 1. The topological polar surface area (TPSA) is 71.0 Å². The standard InChI is InChI=1S/C19H31N3O3S.HI/c1-4-20-19(22(2)13-14-25-15-17-5-6-17)21-12-11-16-7-9-18(10-8-16)26(3,23)24;/h7-10,17H,4-6,11-15H2,1-3H3,(H,20,21);1H. The van der Waals surface area contributed by atoms with Gasteiger partial charge in [0.15, 0.2) is 15.8 Å². The zero-order chi connectivity index (χ0) is 19.0. The molecule has 1 aromatic carbocycles. The van der Waals surface area contributed by atoms with Gasteiger partial charge in [-0.1, -0.05) is 12.1 Å². The molecule has 0 unspecified atom stereocenters. The summed E-state index contributed by atoms with van der Waals surface area (Å²) in [6.07, 6.45) is 4.61. The van der Waals surface area contributed by atoms with Gasteiger partial charge in [0.05, 0.1) is 11.5 Å². The summed E-state index contributed by atoms with van der Waals surface area (Å²) >= 11 is 0. The van der Waals surface area contributed by atoms with Crippen LogP contribution in [0.5, 0.6) is 0 Å². The van der Waals surface area contributed by atoms with Gasteiger partial charge in [0.2, 0.25) is 0 Å². The number of halogens is 1. The van der Waals surface area contributed by atoms with Gasteiger partial charge in [-0.2, -0.15) is 0 Å². The van der Waals surface area contributed by atoms with Crippen LogP contribution < -0.4 is 5.32 Å². The number of hydrogen-bond acceptors (Lipinski definition) is 4. The Kier molecular flexibility index (Phi) is 10.6. The van der Waals surface area contributed by atoms with Gasteiger partial charge in [-0.25, -0.2) is 8.42 Å². The molecule has 0 spiro atoms. The maximum Gasteiger partial charge on any atom is 0.193 e. The van der Waals surface area contributed by atoms with Crippen LogP contribution >= 0.6 is 24.0 Å². The third-order valence-corrected chi connectivity index (χ3v) is 5.46. The van der Waals surface area contributed by atoms with E-state index in [1.807, 2.05) is 19.2 Å². The van der Waals surface area contributed by atoms with Gasteiger partial charge in [-0.15, -0.1) is 24.0 Å². The van der Waals surface area contributed by atoms with Gasteiger partial charge in [0.25, 0.3) is 0 Å². The number of nitrogens with one attached hydrogen (secondary N) is 1. The summed E-state index contributed by atoms with van der Waals surface area (Å²) in [5.41, 5.74) is 1.08. The van der Waals surface area contributed by atoms with Crippen LogP contribution in [0, 0.1) is 5.92 Å². The maximum absolute atomic E-state index is 11.5. The lowest BCUT2D eigenvalue weighted by molar-refractivity contribution is 0.115. The monoisotopic (exact) mass is 509 g/mol. The molecule has 8 heteroatoms. The van der Waals surface area contributed by atoms with E-state index in [0.29, 0.717) is 18.0 Å². The zero-order valence-corrected chi connectivity index (χ0v) is 19.6. The summed E-state index contributed by atoms with van der Waals surface area (Å²) in [5, 5.41) is 3.30. The fraction of sp³-hybridized carbons (Fsp3) is 0.632. The van der Waals surface area contributed by atoms with Gasteiger partial charge in [0.1, 0.15) is 0 Å². The van der Waals surface area contributed by atoms with E-state index in [1.54, 1.807) is 12.1 Å². The minimum absolute atomic E-state index is 0. The molecule has 1 fully saturated rings. The molecule has 1 aromatic rings. The van der Waals surface area contributed by atoms with Crippen LogP contribution in [0.25, 0.3) is 0 Å². The number of sulfone groups is 1. The van der Waals surface area contributed by atoms with E-state index >= 15 is 0 Å². The number of hydrogen-bond donors (Lipinski definition) is 1. The number of nitrogens with zero attached hydrogens (tertiary/aromatic N) is 2. The lowest BCUT2D eigenvalue weighted by atomic mass is 10.1. The fourth-order valence-electron chi connectivity index (χ4n) is 2.51. The Morgan fingerprint density at radius 1 is 1.30 bits per heavy atom. The van der Waals surface area contributed by atoms with Crippen LogP contribution in [0.4, 0.5) is 0 Å². The molecule has 0 radical (unpaired) electrons. The zero-order valence-electron chi connectivity index (χ0n) is 16.5. The molecule has 154 valence electrons. The lowest BCUT2D eigenvalue weighted by Crippen LogP contribution is -2.40. The van der Waals surface area contributed by atoms with Crippen LogP contribution in [0.2, 0.25) is 0 Å². The molecule has 1 aliphatic carbocycles. The molecular weight excluding hydrogens is 477 g/mol. The molecule has 0 atom stereocenters. The van der Waals surface area contributed by atoms with Gasteiger partial charge in [-0.05, 0) is 49.8 Å². The van der Waals surface area contributed by atoms with Crippen molar-refractivity contribution in [3.63, 3.8) is 0 Å². The second-order valence-corrected chi connectivity index (χ2v) is 8.86. The first kappa shape index (κ1) is 24.2. The molecule has 1 saturated carbocycles. The highest BCUT2D eigenvalue weighted by Gasteiger charge is 2.21. The molecule has 0 aromatic heterocycles. The van der Waals surface area contributed by atoms with Crippen molar-refractivity contribution in [2.24, 2.45) is 10.9 Å². The highest BCUT2D eigenvalue weighted by atomic mass is 127. The number of likely N-dealkylation sites (N-methyl/N-ethyl adjacent to an activating group) is 1. The quantitative estimate of drug-likeness (QED) is 0.227. The molecule has 27 heavy (non-hydrogen) atoms. The number of guanidine groups is 1. The first-order chi connectivity index (χ1) is 12.4.